The Kier molecular flexibility index (Phi) is 10.00. The van der Waals surface area contributed by atoms with Crippen LogP contribution in [0.2, 0.25) is 0 Å². The lowest BCUT2D eigenvalue weighted by Gasteiger charge is -2.18. The van der Waals surface area contributed by atoms with Crippen LogP contribution in [-0.4, -0.2) is 20.7 Å². The van der Waals surface area contributed by atoms with E-state index in [0.29, 0.717) is 5.92 Å². The van der Waals surface area contributed by atoms with Gasteiger partial charge < -0.3 is 14.9 Å². The number of rotatable bonds is 11. The molecule has 0 radical (unpaired) electrons. The quantitative estimate of drug-likeness (QED) is 0.501. The molecular formula is C15H33O4P. The maximum absolute atomic E-state index is 10.9. The topological polar surface area (TPSA) is 77.8 Å². The molecule has 3 N–H and O–H groups in total. The van der Waals surface area contributed by atoms with Crippen molar-refractivity contribution in [2.24, 2.45) is 17.8 Å². The van der Waals surface area contributed by atoms with Crippen molar-refractivity contribution >= 4 is 7.60 Å². The summed E-state index contributed by atoms with van der Waals surface area (Å²) < 4.78 is 10.9. The molecule has 0 aliphatic rings. The van der Waals surface area contributed by atoms with Crippen molar-refractivity contribution in [3.05, 3.63) is 0 Å². The summed E-state index contributed by atoms with van der Waals surface area (Å²) in [7, 11) is -4.33. The zero-order valence-corrected chi connectivity index (χ0v) is 14.4. The van der Waals surface area contributed by atoms with Crippen molar-refractivity contribution < 1.29 is 19.5 Å². The maximum Gasteiger partial charge on any atom is 0.353 e. The van der Waals surface area contributed by atoms with Crippen LogP contribution >= 0.6 is 7.60 Å². The summed E-state index contributed by atoms with van der Waals surface area (Å²) in [6.07, 6.45) is 7.17. The van der Waals surface area contributed by atoms with Crippen molar-refractivity contribution in [2.45, 2.75) is 78.5 Å². The lowest BCUT2D eigenvalue weighted by atomic mass is 9.93. The molecule has 4 nitrogen and oxygen atoms in total. The summed E-state index contributed by atoms with van der Waals surface area (Å²) in [5, 5.41) is 9.37. The maximum atomic E-state index is 10.9. The molecule has 0 aliphatic carbocycles. The van der Waals surface area contributed by atoms with E-state index in [-0.39, 0.29) is 12.3 Å². The monoisotopic (exact) mass is 308 g/mol. The molecule has 0 rings (SSSR count). The van der Waals surface area contributed by atoms with Gasteiger partial charge in [-0.05, 0) is 24.2 Å². The zero-order valence-electron chi connectivity index (χ0n) is 13.5. The molecular weight excluding hydrogens is 275 g/mol. The Labute approximate surface area is 124 Å². The first-order valence-corrected chi connectivity index (χ1v) is 9.54. The van der Waals surface area contributed by atoms with E-state index in [9.17, 15) is 9.67 Å². The third-order valence-electron chi connectivity index (χ3n) is 3.87. The Morgan fingerprint density at radius 2 is 1.30 bits per heavy atom. The number of hydrogen-bond acceptors (Lipinski definition) is 2. The Balaban J connectivity index is 3.70. The van der Waals surface area contributed by atoms with Gasteiger partial charge in [0.1, 0.15) is 0 Å². The first kappa shape index (κ1) is 20.1. The molecule has 0 fully saturated rings. The number of aliphatic hydroxyl groups excluding tert-OH is 1. The van der Waals surface area contributed by atoms with Gasteiger partial charge in [0, 0.05) is 0 Å². The highest BCUT2D eigenvalue weighted by Crippen LogP contribution is 2.42. The molecule has 0 amide bonds. The molecule has 5 heteroatoms. The summed E-state index contributed by atoms with van der Waals surface area (Å²) in [5.74, 6) is 0.144. The van der Waals surface area contributed by atoms with Gasteiger partial charge in [0.25, 0.3) is 0 Å². The van der Waals surface area contributed by atoms with E-state index in [4.69, 9.17) is 9.79 Å². The van der Waals surface area contributed by atoms with Crippen LogP contribution in [0.5, 0.6) is 0 Å². The third-order valence-corrected chi connectivity index (χ3v) is 4.86. The van der Waals surface area contributed by atoms with Crippen LogP contribution in [0.3, 0.4) is 0 Å². The van der Waals surface area contributed by atoms with Crippen LogP contribution in [0.4, 0.5) is 0 Å². The van der Waals surface area contributed by atoms with Crippen molar-refractivity contribution in [3.63, 3.8) is 0 Å². The van der Waals surface area contributed by atoms with E-state index >= 15 is 0 Å². The van der Waals surface area contributed by atoms with Crippen molar-refractivity contribution in [1.82, 2.24) is 0 Å². The van der Waals surface area contributed by atoms with E-state index < -0.39 is 13.4 Å². The molecule has 0 saturated heterocycles. The van der Waals surface area contributed by atoms with Crippen LogP contribution in [0.15, 0.2) is 0 Å². The summed E-state index contributed by atoms with van der Waals surface area (Å²) >= 11 is 0. The Morgan fingerprint density at radius 3 is 1.75 bits per heavy atom. The molecule has 0 aliphatic heterocycles. The van der Waals surface area contributed by atoms with Crippen LogP contribution in [-0.2, 0) is 4.57 Å². The normalized spacial score (nSPS) is 17.2. The lowest BCUT2D eigenvalue weighted by Crippen LogP contribution is -2.12. The minimum atomic E-state index is -4.33. The second-order valence-electron chi connectivity index (χ2n) is 6.77. The molecule has 2 unspecified atom stereocenters. The summed E-state index contributed by atoms with van der Waals surface area (Å²) in [5.41, 5.74) is 0. The van der Waals surface area contributed by atoms with Gasteiger partial charge in [-0.1, -0.05) is 66.2 Å². The van der Waals surface area contributed by atoms with Crippen molar-refractivity contribution in [1.29, 1.82) is 0 Å². The fourth-order valence-corrected chi connectivity index (χ4v) is 3.08. The molecule has 0 aromatic carbocycles. The van der Waals surface area contributed by atoms with Gasteiger partial charge in [-0.2, -0.15) is 0 Å². The van der Waals surface area contributed by atoms with Crippen molar-refractivity contribution in [3.8, 4) is 0 Å². The van der Waals surface area contributed by atoms with E-state index in [1.54, 1.807) is 0 Å². The second kappa shape index (κ2) is 9.94. The summed E-state index contributed by atoms with van der Waals surface area (Å²) in [4.78, 5) is 17.7. The average Bonchev–Trinajstić information content (AvgIpc) is 2.26. The second-order valence-corrected chi connectivity index (χ2v) is 8.55. The summed E-state index contributed by atoms with van der Waals surface area (Å²) in [6, 6.07) is 0. The van der Waals surface area contributed by atoms with E-state index in [1.165, 1.54) is 19.3 Å². The molecule has 0 spiro atoms. The minimum Gasteiger partial charge on any atom is -0.380 e. The molecule has 0 aromatic rings. The van der Waals surface area contributed by atoms with Gasteiger partial charge in [0.2, 0.25) is 0 Å². The fourth-order valence-electron chi connectivity index (χ4n) is 2.45. The highest BCUT2D eigenvalue weighted by Gasteiger charge is 2.27. The molecule has 0 saturated carbocycles. The van der Waals surface area contributed by atoms with E-state index in [1.807, 2.05) is 6.92 Å². The predicted octanol–water partition coefficient (Wildman–Crippen LogP) is 4.14. The predicted molar refractivity (Wildman–Crippen MR) is 83.5 cm³/mol. The number of hydrogen-bond donors (Lipinski definition) is 3. The Hall–Kier alpha value is 0.110. The van der Waals surface area contributed by atoms with Crippen LogP contribution < -0.4 is 0 Å². The smallest absolute Gasteiger partial charge is 0.353 e. The standard InChI is InChI=1S/C15H33O4P/c1-12(2)7-5-8-13(3)9-6-10-14(4)11-15(16)20(17,18)19/h12-16H,5-11H2,1-4H3,(H2,17,18,19)/t13?,14?,15-/m0/s1. The number of aliphatic hydroxyl groups is 1. The SMILES string of the molecule is CC(C)CCCC(C)CCCC(C)C[C@@H](O)P(=O)(O)O. The lowest BCUT2D eigenvalue weighted by molar-refractivity contribution is 0.173. The molecule has 0 bridgehead atoms. The Morgan fingerprint density at radius 1 is 0.850 bits per heavy atom. The van der Waals surface area contributed by atoms with Gasteiger partial charge >= 0.3 is 7.60 Å². The van der Waals surface area contributed by atoms with E-state index in [0.717, 1.165) is 25.2 Å². The molecule has 122 valence electrons. The molecule has 20 heavy (non-hydrogen) atoms. The van der Waals surface area contributed by atoms with Gasteiger partial charge in [-0.25, -0.2) is 0 Å². The molecule has 0 aromatic heterocycles. The zero-order chi connectivity index (χ0) is 15.8. The fraction of sp³-hybridized carbons (Fsp3) is 1.00. The average molecular weight is 308 g/mol. The minimum absolute atomic E-state index is 0.153. The van der Waals surface area contributed by atoms with Gasteiger partial charge in [0.15, 0.2) is 5.85 Å². The van der Waals surface area contributed by atoms with E-state index in [2.05, 4.69) is 20.8 Å². The van der Waals surface area contributed by atoms with Gasteiger partial charge in [0.05, 0.1) is 0 Å². The first-order chi connectivity index (χ1) is 9.12. The first-order valence-electron chi connectivity index (χ1n) is 7.86. The third kappa shape index (κ3) is 10.8. The van der Waals surface area contributed by atoms with Gasteiger partial charge in [-0.15, -0.1) is 0 Å². The van der Waals surface area contributed by atoms with Crippen LogP contribution in [0.1, 0.15) is 72.6 Å². The van der Waals surface area contributed by atoms with Crippen molar-refractivity contribution in [2.75, 3.05) is 0 Å². The molecule has 0 heterocycles. The highest BCUT2D eigenvalue weighted by molar-refractivity contribution is 7.52. The summed E-state index contributed by atoms with van der Waals surface area (Å²) in [6.45, 7) is 8.72. The van der Waals surface area contributed by atoms with Crippen LogP contribution in [0, 0.1) is 17.8 Å². The van der Waals surface area contributed by atoms with Gasteiger partial charge in [-0.3, -0.25) is 4.57 Å². The van der Waals surface area contributed by atoms with Crippen LogP contribution in [0.25, 0.3) is 0 Å². The highest BCUT2D eigenvalue weighted by atomic mass is 31.2. The largest absolute Gasteiger partial charge is 0.380 e. The Bertz CT molecular complexity index is 288. The molecule has 3 atom stereocenters.